The molecule has 0 saturated carbocycles. The maximum absolute atomic E-state index is 5.89. The molecule has 0 fully saturated rings. The summed E-state index contributed by atoms with van der Waals surface area (Å²) in [4.78, 5) is 13.6. The van der Waals surface area contributed by atoms with Crippen LogP contribution in [0.25, 0.3) is 0 Å². The highest BCUT2D eigenvalue weighted by molar-refractivity contribution is 7.99. The van der Waals surface area contributed by atoms with E-state index in [1.807, 2.05) is 6.92 Å². The lowest BCUT2D eigenvalue weighted by molar-refractivity contribution is 0.898. The number of anilines is 1. The van der Waals surface area contributed by atoms with Gasteiger partial charge in [0.1, 0.15) is 0 Å². The van der Waals surface area contributed by atoms with E-state index in [1.54, 1.807) is 0 Å². The number of rotatable bonds is 4. The molecule has 0 bridgehead atoms. The largest absolute Gasteiger partial charge is 0.354 e. The average molecular weight is 295 g/mol. The minimum atomic E-state index is 0.206. The van der Waals surface area contributed by atoms with Gasteiger partial charge in [0.05, 0.1) is 0 Å². The minimum absolute atomic E-state index is 0.206. The molecule has 0 amide bonds. The normalized spacial score (nSPS) is 10.5. The summed E-state index contributed by atoms with van der Waals surface area (Å²) >= 11 is 7.37. The monoisotopic (exact) mass is 294 g/mol. The van der Waals surface area contributed by atoms with Crippen molar-refractivity contribution >= 4 is 29.3 Å². The van der Waals surface area contributed by atoms with Crippen LogP contribution in [0.5, 0.6) is 0 Å². The maximum atomic E-state index is 5.89. The van der Waals surface area contributed by atoms with Gasteiger partial charge in [-0.2, -0.15) is 15.0 Å². The number of hydrogen-bond donors (Lipinski definition) is 1. The molecule has 1 N–H and O–H groups in total. The van der Waals surface area contributed by atoms with Gasteiger partial charge in [0.25, 0.3) is 0 Å². The Morgan fingerprint density at radius 3 is 2.63 bits per heavy atom. The molecule has 1 aromatic heterocycles. The lowest BCUT2D eigenvalue weighted by atomic mass is 10.1. The van der Waals surface area contributed by atoms with Gasteiger partial charge < -0.3 is 5.32 Å². The van der Waals surface area contributed by atoms with E-state index in [4.69, 9.17) is 11.6 Å². The molecule has 0 aliphatic heterocycles. The zero-order chi connectivity index (χ0) is 13.8. The van der Waals surface area contributed by atoms with Gasteiger partial charge in [0, 0.05) is 11.4 Å². The van der Waals surface area contributed by atoms with Crippen molar-refractivity contribution < 1.29 is 0 Å². The Labute approximate surface area is 122 Å². The van der Waals surface area contributed by atoms with Crippen LogP contribution < -0.4 is 5.32 Å². The number of aryl methyl sites for hydroxylation is 2. The molecule has 2 rings (SSSR count). The highest BCUT2D eigenvalue weighted by Gasteiger charge is 2.07. The van der Waals surface area contributed by atoms with Gasteiger partial charge >= 0.3 is 0 Å². The summed E-state index contributed by atoms with van der Waals surface area (Å²) in [5.41, 5.74) is 2.52. The molecule has 19 heavy (non-hydrogen) atoms. The van der Waals surface area contributed by atoms with Gasteiger partial charge in [-0.25, -0.2) is 0 Å². The summed E-state index contributed by atoms with van der Waals surface area (Å²) in [6, 6.07) is 6.26. The predicted molar refractivity (Wildman–Crippen MR) is 79.0 cm³/mol. The second-order valence-corrected chi connectivity index (χ2v) is 5.47. The van der Waals surface area contributed by atoms with Crippen LogP contribution >= 0.6 is 23.4 Å². The summed E-state index contributed by atoms with van der Waals surface area (Å²) in [5.74, 6) is 0.508. The topological polar surface area (TPSA) is 50.7 Å². The summed E-state index contributed by atoms with van der Waals surface area (Å²) < 4.78 is 0. The molecule has 0 aliphatic rings. The smallest absolute Gasteiger partial charge is 0.228 e. The molecular weight excluding hydrogens is 280 g/mol. The molecule has 6 heteroatoms. The van der Waals surface area contributed by atoms with E-state index < -0.39 is 0 Å². The Bertz CT molecular complexity index is 589. The zero-order valence-corrected chi connectivity index (χ0v) is 12.6. The zero-order valence-electron chi connectivity index (χ0n) is 11.1. The van der Waals surface area contributed by atoms with E-state index in [0.29, 0.717) is 11.1 Å². The van der Waals surface area contributed by atoms with E-state index in [-0.39, 0.29) is 5.28 Å². The molecule has 2 aromatic rings. The van der Waals surface area contributed by atoms with Crippen molar-refractivity contribution in [2.75, 3.05) is 11.9 Å². The van der Waals surface area contributed by atoms with Gasteiger partial charge in [0.2, 0.25) is 11.2 Å². The Balaban J connectivity index is 2.24. The van der Waals surface area contributed by atoms with Crippen LogP contribution in [-0.4, -0.2) is 21.5 Å². The molecule has 0 radical (unpaired) electrons. The molecule has 100 valence electrons. The highest BCUT2D eigenvalue weighted by atomic mass is 35.5. The first-order valence-electron chi connectivity index (χ1n) is 5.99. The third-order valence-electron chi connectivity index (χ3n) is 2.61. The number of benzene rings is 1. The molecule has 1 aromatic carbocycles. The lowest BCUT2D eigenvalue weighted by Gasteiger charge is -2.06. The highest BCUT2D eigenvalue weighted by Crippen LogP contribution is 2.27. The first-order chi connectivity index (χ1) is 9.08. The molecule has 4 nitrogen and oxygen atoms in total. The molecule has 0 saturated heterocycles. The van der Waals surface area contributed by atoms with Gasteiger partial charge in [-0.15, -0.1) is 0 Å². The molecule has 0 spiro atoms. The second-order valence-electron chi connectivity index (χ2n) is 4.09. The molecule has 1 heterocycles. The molecule has 0 unspecified atom stereocenters. The molecule has 0 aliphatic carbocycles. The SMILES string of the molecule is CCNc1nc(Cl)nc(Sc2ccc(C)c(C)c2)n1. The first kappa shape index (κ1) is 14.1. The number of halogens is 1. The van der Waals surface area contributed by atoms with Crippen molar-refractivity contribution in [3.05, 3.63) is 34.6 Å². The van der Waals surface area contributed by atoms with E-state index in [9.17, 15) is 0 Å². The van der Waals surface area contributed by atoms with Crippen LogP contribution in [0.1, 0.15) is 18.1 Å². The summed E-state index contributed by atoms with van der Waals surface area (Å²) in [7, 11) is 0. The van der Waals surface area contributed by atoms with Gasteiger partial charge in [-0.05, 0) is 67.4 Å². The molecule has 0 atom stereocenters. The fourth-order valence-electron chi connectivity index (χ4n) is 1.50. The fourth-order valence-corrected chi connectivity index (χ4v) is 2.55. The summed E-state index contributed by atoms with van der Waals surface area (Å²) in [5, 5.41) is 3.84. The van der Waals surface area contributed by atoms with Gasteiger partial charge in [-0.3, -0.25) is 0 Å². The standard InChI is InChI=1S/C13H15ClN4S/c1-4-15-12-16-11(14)17-13(18-12)19-10-6-5-8(2)9(3)7-10/h5-7H,4H2,1-3H3,(H,15,16,17,18). The number of hydrogen-bond acceptors (Lipinski definition) is 5. The Hall–Kier alpha value is -1.33. The van der Waals surface area contributed by atoms with Crippen molar-refractivity contribution in [1.29, 1.82) is 0 Å². The van der Waals surface area contributed by atoms with Gasteiger partial charge in [-0.1, -0.05) is 6.07 Å². The van der Waals surface area contributed by atoms with Crippen LogP contribution in [-0.2, 0) is 0 Å². The van der Waals surface area contributed by atoms with E-state index in [1.165, 1.54) is 22.9 Å². The van der Waals surface area contributed by atoms with Gasteiger partial charge in [0.15, 0.2) is 5.16 Å². The predicted octanol–water partition coefficient (Wildman–Crippen LogP) is 3.72. The lowest BCUT2D eigenvalue weighted by Crippen LogP contribution is -2.04. The van der Waals surface area contributed by atoms with Crippen LogP contribution in [0.3, 0.4) is 0 Å². The Morgan fingerprint density at radius 1 is 1.16 bits per heavy atom. The van der Waals surface area contributed by atoms with E-state index in [0.717, 1.165) is 11.4 Å². The van der Waals surface area contributed by atoms with E-state index in [2.05, 4.69) is 52.3 Å². The Kier molecular flexibility index (Phi) is 4.61. The van der Waals surface area contributed by atoms with Crippen LogP contribution in [0, 0.1) is 13.8 Å². The van der Waals surface area contributed by atoms with E-state index >= 15 is 0 Å². The van der Waals surface area contributed by atoms with Crippen molar-refractivity contribution in [3.63, 3.8) is 0 Å². The Morgan fingerprint density at radius 2 is 1.95 bits per heavy atom. The quantitative estimate of drug-likeness (QED) is 0.931. The fraction of sp³-hybridized carbons (Fsp3) is 0.308. The van der Waals surface area contributed by atoms with Crippen molar-refractivity contribution in [1.82, 2.24) is 15.0 Å². The summed E-state index contributed by atoms with van der Waals surface area (Å²) in [6.45, 7) is 6.90. The number of nitrogens with one attached hydrogen (secondary N) is 1. The first-order valence-corrected chi connectivity index (χ1v) is 7.18. The number of aromatic nitrogens is 3. The van der Waals surface area contributed by atoms with Crippen LogP contribution in [0.2, 0.25) is 5.28 Å². The average Bonchev–Trinajstić information content (AvgIpc) is 2.33. The maximum Gasteiger partial charge on any atom is 0.228 e. The third-order valence-corrected chi connectivity index (χ3v) is 3.63. The number of nitrogens with zero attached hydrogens (tertiary/aromatic N) is 3. The summed E-state index contributed by atoms with van der Waals surface area (Å²) in [6.07, 6.45) is 0. The molecular formula is C13H15ClN4S. The van der Waals surface area contributed by atoms with Crippen molar-refractivity contribution in [3.8, 4) is 0 Å². The second kappa shape index (κ2) is 6.21. The minimum Gasteiger partial charge on any atom is -0.354 e. The van der Waals surface area contributed by atoms with Crippen LogP contribution in [0.15, 0.2) is 28.3 Å². The van der Waals surface area contributed by atoms with Crippen molar-refractivity contribution in [2.45, 2.75) is 30.8 Å². The van der Waals surface area contributed by atoms with Crippen LogP contribution in [0.4, 0.5) is 5.95 Å². The third kappa shape index (κ3) is 3.81. The van der Waals surface area contributed by atoms with Crippen molar-refractivity contribution in [2.24, 2.45) is 0 Å².